The van der Waals surface area contributed by atoms with Crippen LogP contribution in [0.1, 0.15) is 27.5 Å². The minimum atomic E-state index is -0.0273. The molecule has 1 aromatic carbocycles. The lowest BCUT2D eigenvalue weighted by Gasteiger charge is -2.26. The fourth-order valence-electron chi connectivity index (χ4n) is 3.15. The molecule has 1 aliphatic rings. The number of hydrogen-bond donors (Lipinski definition) is 2. The van der Waals surface area contributed by atoms with Gasteiger partial charge in [-0.2, -0.15) is 0 Å². The molecule has 0 unspecified atom stereocenters. The molecular formula is C19H17N3OS2. The number of nitrogens with one attached hydrogen (secondary N) is 1. The van der Waals surface area contributed by atoms with Crippen molar-refractivity contribution in [1.29, 1.82) is 0 Å². The summed E-state index contributed by atoms with van der Waals surface area (Å²) >= 11 is 7.41. The van der Waals surface area contributed by atoms with Gasteiger partial charge in [-0.1, -0.05) is 6.07 Å². The monoisotopic (exact) mass is 367 g/mol. The maximum absolute atomic E-state index is 9.61. The van der Waals surface area contributed by atoms with E-state index < -0.39 is 0 Å². The number of aromatic hydroxyl groups is 1. The van der Waals surface area contributed by atoms with Gasteiger partial charge in [-0.15, -0.1) is 11.3 Å². The van der Waals surface area contributed by atoms with Crippen LogP contribution in [0.2, 0.25) is 0 Å². The molecule has 1 fully saturated rings. The fourth-order valence-corrected chi connectivity index (χ4v) is 4.50. The zero-order valence-electron chi connectivity index (χ0n) is 13.6. The molecule has 25 heavy (non-hydrogen) atoms. The zero-order valence-corrected chi connectivity index (χ0v) is 15.2. The summed E-state index contributed by atoms with van der Waals surface area (Å²) in [5.41, 5.74) is 1.91. The molecule has 3 heterocycles. The molecular weight excluding hydrogens is 350 g/mol. The van der Waals surface area contributed by atoms with Crippen molar-refractivity contribution < 1.29 is 5.11 Å². The smallest absolute Gasteiger partial charge is 0.174 e. The van der Waals surface area contributed by atoms with E-state index in [9.17, 15) is 5.11 Å². The normalized spacial score (nSPS) is 19.9. The van der Waals surface area contributed by atoms with Gasteiger partial charge in [-0.05, 0) is 67.7 Å². The van der Waals surface area contributed by atoms with Gasteiger partial charge in [0.15, 0.2) is 5.11 Å². The van der Waals surface area contributed by atoms with Crippen molar-refractivity contribution in [3.8, 4) is 5.75 Å². The molecule has 0 radical (unpaired) electrons. The van der Waals surface area contributed by atoms with Crippen molar-refractivity contribution >= 4 is 34.4 Å². The van der Waals surface area contributed by atoms with Gasteiger partial charge in [0.2, 0.25) is 0 Å². The highest BCUT2D eigenvalue weighted by molar-refractivity contribution is 7.80. The number of nitrogens with zero attached hydrogens (tertiary/aromatic N) is 2. The Morgan fingerprint density at radius 1 is 1.12 bits per heavy atom. The van der Waals surface area contributed by atoms with Gasteiger partial charge in [-0.3, -0.25) is 4.98 Å². The van der Waals surface area contributed by atoms with Crippen molar-refractivity contribution in [1.82, 2.24) is 10.3 Å². The quantitative estimate of drug-likeness (QED) is 0.675. The molecule has 126 valence electrons. The topological polar surface area (TPSA) is 48.4 Å². The van der Waals surface area contributed by atoms with Gasteiger partial charge in [0.1, 0.15) is 5.75 Å². The summed E-state index contributed by atoms with van der Waals surface area (Å²) in [4.78, 5) is 9.14. The van der Waals surface area contributed by atoms with Crippen molar-refractivity contribution in [3.05, 3.63) is 76.2 Å². The summed E-state index contributed by atoms with van der Waals surface area (Å²) in [7, 11) is 0. The molecule has 3 aromatic rings. The molecule has 0 aliphatic carbocycles. The number of thiocarbonyl (C=S) groups is 1. The summed E-state index contributed by atoms with van der Waals surface area (Å²) in [5.74, 6) is 0.242. The Balaban J connectivity index is 1.81. The third-order valence-corrected chi connectivity index (χ3v) is 5.66. The second-order valence-corrected chi connectivity index (χ2v) is 7.67. The number of anilines is 1. The predicted molar refractivity (Wildman–Crippen MR) is 105 cm³/mol. The van der Waals surface area contributed by atoms with Crippen LogP contribution in [0.15, 0.2) is 60.8 Å². The van der Waals surface area contributed by atoms with E-state index in [1.165, 1.54) is 9.75 Å². The number of aryl methyl sites for hydroxylation is 1. The molecule has 2 N–H and O–H groups in total. The standard InChI is InChI=1S/C19H17N3OS2/c1-12-5-10-16(25-12)18-17(15-4-2-3-11-20-15)21-19(24)22(18)13-6-8-14(23)9-7-13/h2-11,17-18,23H,1H3,(H,21,24)/t17-,18-/m0/s1. The third-order valence-electron chi connectivity index (χ3n) is 4.28. The van der Waals surface area contributed by atoms with Gasteiger partial charge in [0, 0.05) is 21.6 Å². The predicted octanol–water partition coefficient (Wildman–Crippen LogP) is 4.33. The van der Waals surface area contributed by atoms with E-state index >= 15 is 0 Å². The zero-order chi connectivity index (χ0) is 17.4. The van der Waals surface area contributed by atoms with Crippen LogP contribution in [0.5, 0.6) is 5.75 Å². The summed E-state index contributed by atoms with van der Waals surface area (Å²) in [6, 6.07) is 17.3. The van der Waals surface area contributed by atoms with E-state index in [0.717, 1.165) is 11.4 Å². The lowest BCUT2D eigenvalue weighted by molar-refractivity contribution is 0.475. The molecule has 1 aliphatic heterocycles. The van der Waals surface area contributed by atoms with Crippen molar-refractivity contribution in [2.45, 2.75) is 19.0 Å². The van der Waals surface area contributed by atoms with Crippen LogP contribution in [0, 0.1) is 6.92 Å². The maximum Gasteiger partial charge on any atom is 0.174 e. The number of thiophene rings is 1. The second-order valence-electron chi connectivity index (χ2n) is 5.96. The average molecular weight is 367 g/mol. The Kier molecular flexibility index (Phi) is 4.15. The average Bonchev–Trinajstić information content (AvgIpc) is 3.20. The van der Waals surface area contributed by atoms with Crippen LogP contribution in [0.25, 0.3) is 0 Å². The van der Waals surface area contributed by atoms with E-state index in [4.69, 9.17) is 12.2 Å². The first-order chi connectivity index (χ1) is 12.1. The number of benzene rings is 1. The Hall–Kier alpha value is -2.44. The van der Waals surface area contributed by atoms with E-state index in [1.807, 2.05) is 30.3 Å². The first-order valence-electron chi connectivity index (χ1n) is 7.99. The lowest BCUT2D eigenvalue weighted by Crippen LogP contribution is -2.28. The van der Waals surface area contributed by atoms with E-state index in [0.29, 0.717) is 5.11 Å². The lowest BCUT2D eigenvalue weighted by atomic mass is 10.0. The van der Waals surface area contributed by atoms with Gasteiger partial charge < -0.3 is 15.3 Å². The Morgan fingerprint density at radius 3 is 2.56 bits per heavy atom. The van der Waals surface area contributed by atoms with Crippen LogP contribution in [0.3, 0.4) is 0 Å². The van der Waals surface area contributed by atoms with Crippen LogP contribution in [0.4, 0.5) is 5.69 Å². The van der Waals surface area contributed by atoms with Gasteiger partial charge >= 0.3 is 0 Å². The summed E-state index contributed by atoms with van der Waals surface area (Å²) in [6.07, 6.45) is 1.81. The largest absolute Gasteiger partial charge is 0.508 e. The number of phenols is 1. The molecule has 2 atom stereocenters. The first kappa shape index (κ1) is 16.1. The summed E-state index contributed by atoms with van der Waals surface area (Å²) in [6.45, 7) is 2.11. The molecule has 6 heteroatoms. The minimum absolute atomic E-state index is 0.0191. The maximum atomic E-state index is 9.61. The summed E-state index contributed by atoms with van der Waals surface area (Å²) in [5, 5.41) is 13.7. The minimum Gasteiger partial charge on any atom is -0.508 e. The van der Waals surface area contributed by atoms with Gasteiger partial charge in [-0.25, -0.2) is 0 Å². The van der Waals surface area contributed by atoms with Crippen LogP contribution in [-0.4, -0.2) is 15.2 Å². The third kappa shape index (κ3) is 2.99. The number of hydrogen-bond acceptors (Lipinski definition) is 4. The molecule has 1 saturated heterocycles. The Labute approximate surface area is 155 Å². The highest BCUT2D eigenvalue weighted by Gasteiger charge is 2.41. The Bertz CT molecular complexity index is 893. The molecule has 2 aromatic heterocycles. The molecule has 0 spiro atoms. The summed E-state index contributed by atoms with van der Waals surface area (Å²) < 4.78 is 0. The van der Waals surface area contributed by atoms with Crippen molar-refractivity contribution in [2.75, 3.05) is 4.90 Å². The second kappa shape index (κ2) is 6.46. The van der Waals surface area contributed by atoms with E-state index in [-0.39, 0.29) is 17.8 Å². The highest BCUT2D eigenvalue weighted by atomic mass is 32.1. The van der Waals surface area contributed by atoms with Gasteiger partial charge in [0.05, 0.1) is 17.8 Å². The highest BCUT2D eigenvalue weighted by Crippen LogP contribution is 2.43. The first-order valence-corrected chi connectivity index (χ1v) is 9.22. The fraction of sp³-hybridized carbons (Fsp3) is 0.158. The van der Waals surface area contributed by atoms with E-state index in [1.54, 1.807) is 29.7 Å². The van der Waals surface area contributed by atoms with Crippen LogP contribution < -0.4 is 10.2 Å². The SMILES string of the molecule is Cc1ccc([C@H]2[C@H](c3ccccn3)NC(=S)N2c2ccc(O)cc2)s1. The number of pyridine rings is 1. The molecule has 0 saturated carbocycles. The molecule has 0 bridgehead atoms. The molecule has 4 rings (SSSR count). The van der Waals surface area contributed by atoms with Crippen molar-refractivity contribution in [3.63, 3.8) is 0 Å². The number of phenolic OH excluding ortho intramolecular Hbond substituents is 1. The van der Waals surface area contributed by atoms with Gasteiger partial charge in [0.25, 0.3) is 0 Å². The molecule has 4 nitrogen and oxygen atoms in total. The van der Waals surface area contributed by atoms with E-state index in [2.05, 4.69) is 34.3 Å². The Morgan fingerprint density at radius 2 is 1.92 bits per heavy atom. The molecule has 0 amide bonds. The number of rotatable bonds is 3. The number of aromatic nitrogens is 1. The van der Waals surface area contributed by atoms with Crippen molar-refractivity contribution in [2.24, 2.45) is 0 Å². The van der Waals surface area contributed by atoms with Crippen LogP contribution >= 0.6 is 23.6 Å². The van der Waals surface area contributed by atoms with Crippen LogP contribution in [-0.2, 0) is 0 Å².